The predicted molar refractivity (Wildman–Crippen MR) is 282 cm³/mol. The highest BCUT2D eigenvalue weighted by atomic mass is 16.3. The predicted octanol–water partition coefficient (Wildman–Crippen LogP) is 18.0. The molecule has 3 nitrogen and oxygen atoms in total. The van der Waals surface area contributed by atoms with Crippen LogP contribution in [-0.4, -0.2) is 4.57 Å². The molecule has 13 aromatic rings. The molecule has 0 spiro atoms. The van der Waals surface area contributed by atoms with Crippen molar-refractivity contribution in [3.05, 3.63) is 255 Å². The fraction of sp³-hybridized carbons (Fsp3) is 0. The van der Waals surface area contributed by atoms with Gasteiger partial charge < -0.3 is 13.9 Å². The number of rotatable bonds is 8. The van der Waals surface area contributed by atoms with Crippen molar-refractivity contribution in [3.8, 4) is 50.2 Å². The molecule has 0 radical (unpaired) electrons. The van der Waals surface area contributed by atoms with E-state index in [4.69, 9.17) is 4.42 Å². The van der Waals surface area contributed by atoms with Crippen LogP contribution in [0.2, 0.25) is 0 Å². The molecule has 314 valence electrons. The SMILES string of the molecule is c1cc(-c2ccc3c(c2)oc2ccccc23)cc(N(c2ccc(-c3ccc(-c4cccc(-n5c6ccccc6c6ccccc65)c4)cc3)cc2)c2cccc(-c3cccc4ccccc34)c2)c1. The highest BCUT2D eigenvalue weighted by molar-refractivity contribution is 6.09. The van der Waals surface area contributed by atoms with Crippen molar-refractivity contribution in [2.75, 3.05) is 4.90 Å². The zero-order chi connectivity index (χ0) is 44.3. The Morgan fingerprint density at radius 1 is 0.284 bits per heavy atom. The molecule has 0 unspecified atom stereocenters. The first-order chi connectivity index (χ1) is 33.2. The molecule has 0 saturated heterocycles. The Bertz CT molecular complexity index is 3930. The molecule has 0 amide bonds. The van der Waals surface area contributed by atoms with E-state index in [0.29, 0.717) is 0 Å². The van der Waals surface area contributed by atoms with E-state index in [2.05, 4.69) is 252 Å². The Labute approximate surface area is 388 Å². The molecule has 0 atom stereocenters. The van der Waals surface area contributed by atoms with Gasteiger partial charge in [0, 0.05) is 44.3 Å². The van der Waals surface area contributed by atoms with Gasteiger partial charge in [0.2, 0.25) is 0 Å². The summed E-state index contributed by atoms with van der Waals surface area (Å²) in [6.45, 7) is 0. The van der Waals surface area contributed by atoms with Crippen molar-refractivity contribution in [1.82, 2.24) is 4.57 Å². The molecule has 67 heavy (non-hydrogen) atoms. The van der Waals surface area contributed by atoms with Gasteiger partial charge in [-0.2, -0.15) is 0 Å². The topological polar surface area (TPSA) is 21.3 Å². The van der Waals surface area contributed by atoms with Crippen molar-refractivity contribution in [2.24, 2.45) is 0 Å². The number of fused-ring (bicyclic) bond motifs is 7. The lowest BCUT2D eigenvalue weighted by Gasteiger charge is -2.27. The van der Waals surface area contributed by atoms with E-state index in [-0.39, 0.29) is 0 Å². The normalized spacial score (nSPS) is 11.6. The highest BCUT2D eigenvalue weighted by Gasteiger charge is 2.17. The highest BCUT2D eigenvalue weighted by Crippen LogP contribution is 2.41. The van der Waals surface area contributed by atoms with Gasteiger partial charge in [0.25, 0.3) is 0 Å². The van der Waals surface area contributed by atoms with E-state index < -0.39 is 0 Å². The summed E-state index contributed by atoms with van der Waals surface area (Å²) in [6.07, 6.45) is 0. The van der Waals surface area contributed by atoms with Gasteiger partial charge in [0.1, 0.15) is 11.2 Å². The minimum absolute atomic E-state index is 0.889. The zero-order valence-corrected chi connectivity index (χ0v) is 36.6. The molecule has 13 rings (SSSR count). The Morgan fingerprint density at radius 2 is 0.776 bits per heavy atom. The molecule has 0 bridgehead atoms. The summed E-state index contributed by atoms with van der Waals surface area (Å²) in [4.78, 5) is 2.37. The summed E-state index contributed by atoms with van der Waals surface area (Å²) in [5, 5.41) is 7.26. The third kappa shape index (κ3) is 6.76. The maximum absolute atomic E-state index is 6.33. The van der Waals surface area contributed by atoms with E-state index in [0.717, 1.165) is 61.4 Å². The van der Waals surface area contributed by atoms with Crippen LogP contribution in [0.1, 0.15) is 0 Å². The van der Waals surface area contributed by atoms with Crippen LogP contribution in [0, 0.1) is 0 Å². The number of para-hydroxylation sites is 3. The first-order valence-corrected chi connectivity index (χ1v) is 22.9. The molecule has 3 heteroatoms. The summed E-state index contributed by atoms with van der Waals surface area (Å²) < 4.78 is 8.71. The van der Waals surface area contributed by atoms with E-state index in [9.17, 15) is 0 Å². The minimum Gasteiger partial charge on any atom is -0.456 e. The molecule has 0 fully saturated rings. The molecular weight excluding hydrogens is 813 g/mol. The van der Waals surface area contributed by atoms with Crippen molar-refractivity contribution >= 4 is 71.6 Å². The molecule has 0 N–H and O–H groups in total. The van der Waals surface area contributed by atoms with Crippen molar-refractivity contribution < 1.29 is 4.42 Å². The van der Waals surface area contributed by atoms with Gasteiger partial charge in [0.05, 0.1) is 11.0 Å². The number of aromatic nitrogens is 1. The van der Waals surface area contributed by atoms with Crippen LogP contribution in [0.3, 0.4) is 0 Å². The second-order valence-electron chi connectivity index (χ2n) is 17.3. The molecule has 2 heterocycles. The number of hydrogen-bond acceptors (Lipinski definition) is 2. The Morgan fingerprint density at radius 3 is 1.51 bits per heavy atom. The summed E-state index contributed by atoms with van der Waals surface area (Å²) in [6, 6.07) is 91.9. The summed E-state index contributed by atoms with van der Waals surface area (Å²) >= 11 is 0. The monoisotopic (exact) mass is 854 g/mol. The summed E-state index contributed by atoms with van der Waals surface area (Å²) in [7, 11) is 0. The lowest BCUT2D eigenvalue weighted by Crippen LogP contribution is -2.10. The average Bonchev–Trinajstić information content (AvgIpc) is 3.95. The van der Waals surface area contributed by atoms with Gasteiger partial charge in [-0.15, -0.1) is 0 Å². The van der Waals surface area contributed by atoms with E-state index in [1.165, 1.54) is 60.4 Å². The van der Waals surface area contributed by atoms with Crippen molar-refractivity contribution in [3.63, 3.8) is 0 Å². The summed E-state index contributed by atoms with van der Waals surface area (Å²) in [5.74, 6) is 0. The standard InChI is InChI=1S/C64H42N2O/c1-2-21-55-46(13-1)14-12-25-56(55)50-17-11-19-53(41-50)65(52-18-10-16-48(40-52)49-35-38-60-59-24-5-8-28-63(59)67-64(60)42-49)51-36-33-44(34-37-51)43-29-31-45(32-30-43)47-15-9-20-54(39-47)66-61-26-6-3-22-57(61)58-23-4-7-27-62(58)66/h1-42H. The number of anilines is 3. The van der Waals surface area contributed by atoms with Crippen LogP contribution < -0.4 is 4.90 Å². The van der Waals surface area contributed by atoms with Crippen molar-refractivity contribution in [2.45, 2.75) is 0 Å². The molecular formula is C64H42N2O. The minimum atomic E-state index is 0.889. The molecule has 0 aliphatic carbocycles. The Hall–Kier alpha value is -8.92. The van der Waals surface area contributed by atoms with E-state index in [1.54, 1.807) is 0 Å². The maximum Gasteiger partial charge on any atom is 0.136 e. The van der Waals surface area contributed by atoms with Gasteiger partial charge >= 0.3 is 0 Å². The second kappa shape index (κ2) is 16.0. The van der Waals surface area contributed by atoms with E-state index >= 15 is 0 Å². The van der Waals surface area contributed by atoms with Crippen LogP contribution >= 0.6 is 0 Å². The zero-order valence-electron chi connectivity index (χ0n) is 36.6. The fourth-order valence-corrected chi connectivity index (χ4v) is 10.2. The lowest BCUT2D eigenvalue weighted by molar-refractivity contribution is 0.669. The number of benzene rings is 11. The second-order valence-corrected chi connectivity index (χ2v) is 17.3. The third-order valence-corrected chi connectivity index (χ3v) is 13.4. The van der Waals surface area contributed by atoms with Crippen molar-refractivity contribution in [1.29, 1.82) is 0 Å². The fourth-order valence-electron chi connectivity index (χ4n) is 10.2. The quantitative estimate of drug-likeness (QED) is 0.152. The first-order valence-electron chi connectivity index (χ1n) is 22.9. The van der Waals surface area contributed by atoms with E-state index in [1.807, 2.05) is 12.1 Å². The third-order valence-electron chi connectivity index (χ3n) is 13.4. The smallest absolute Gasteiger partial charge is 0.136 e. The largest absolute Gasteiger partial charge is 0.456 e. The Kier molecular flexibility index (Phi) is 9.17. The molecule has 0 aliphatic rings. The number of hydrogen-bond donors (Lipinski definition) is 0. The lowest BCUT2D eigenvalue weighted by atomic mass is 9.97. The Balaban J connectivity index is 0.857. The number of furan rings is 1. The molecule has 11 aromatic carbocycles. The van der Waals surface area contributed by atoms with Crippen LogP contribution in [-0.2, 0) is 0 Å². The van der Waals surface area contributed by atoms with Gasteiger partial charge in [-0.05, 0) is 134 Å². The summed E-state index contributed by atoms with van der Waals surface area (Å²) in [5.41, 5.74) is 17.9. The van der Waals surface area contributed by atoms with Crippen LogP contribution in [0.25, 0.3) is 105 Å². The van der Waals surface area contributed by atoms with Gasteiger partial charge in [-0.3, -0.25) is 0 Å². The van der Waals surface area contributed by atoms with Crippen LogP contribution in [0.4, 0.5) is 17.1 Å². The van der Waals surface area contributed by atoms with Gasteiger partial charge in [0.15, 0.2) is 0 Å². The molecule has 0 aliphatic heterocycles. The maximum atomic E-state index is 6.33. The van der Waals surface area contributed by atoms with Crippen LogP contribution in [0.5, 0.6) is 0 Å². The van der Waals surface area contributed by atoms with Crippen LogP contribution in [0.15, 0.2) is 259 Å². The number of nitrogens with zero attached hydrogens (tertiary/aromatic N) is 2. The van der Waals surface area contributed by atoms with Gasteiger partial charge in [-0.25, -0.2) is 0 Å². The van der Waals surface area contributed by atoms with Gasteiger partial charge in [-0.1, -0.05) is 176 Å². The average molecular weight is 855 g/mol. The molecule has 0 saturated carbocycles. The molecule has 2 aromatic heterocycles. The first kappa shape index (κ1) is 38.5.